The summed E-state index contributed by atoms with van der Waals surface area (Å²) in [5.41, 5.74) is 7.92. The Morgan fingerprint density at radius 1 is 1.00 bits per heavy atom. The van der Waals surface area contributed by atoms with E-state index in [9.17, 15) is 4.39 Å². The summed E-state index contributed by atoms with van der Waals surface area (Å²) in [4.78, 5) is 16.6. The van der Waals surface area contributed by atoms with Crippen molar-refractivity contribution in [2.45, 2.75) is 12.3 Å². The highest BCUT2D eigenvalue weighted by Crippen LogP contribution is 2.28. The zero-order valence-electron chi connectivity index (χ0n) is 16.9. The number of rotatable bonds is 5. The van der Waals surface area contributed by atoms with Gasteiger partial charge in [0.15, 0.2) is 12.3 Å². The van der Waals surface area contributed by atoms with E-state index in [0.717, 1.165) is 16.3 Å². The zero-order chi connectivity index (χ0) is 21.9. The van der Waals surface area contributed by atoms with Crippen molar-refractivity contribution in [2.24, 2.45) is 0 Å². The molecule has 0 amide bonds. The monoisotopic (exact) mass is 426 g/mol. The quantitative estimate of drug-likeness (QED) is 0.490. The molecule has 0 spiro atoms. The summed E-state index contributed by atoms with van der Waals surface area (Å²) in [6.45, 7) is 0. The molecule has 0 saturated carbocycles. The van der Waals surface area contributed by atoms with E-state index >= 15 is 0 Å². The lowest BCUT2D eigenvalue weighted by Gasteiger charge is -2.23. The van der Waals surface area contributed by atoms with E-state index in [2.05, 4.69) is 25.3 Å². The summed E-state index contributed by atoms with van der Waals surface area (Å²) in [7, 11) is 0. The highest BCUT2D eigenvalue weighted by atomic mass is 19.1. The highest BCUT2D eigenvalue weighted by molar-refractivity contribution is 5.87. The number of benzene rings is 1. The van der Waals surface area contributed by atoms with Crippen LogP contribution in [0.3, 0.4) is 0 Å². The predicted octanol–water partition coefficient (Wildman–Crippen LogP) is 4.32. The first-order valence-electron chi connectivity index (χ1n) is 10.0. The van der Waals surface area contributed by atoms with E-state index in [1.54, 1.807) is 43.0 Å². The third-order valence-electron chi connectivity index (χ3n) is 5.01. The molecule has 3 heterocycles. The van der Waals surface area contributed by atoms with Gasteiger partial charge in [0, 0.05) is 52.9 Å². The highest BCUT2D eigenvalue weighted by Gasteiger charge is 2.23. The molecule has 8 heteroatoms. The SMILES string of the molecule is Nc1nc(NC2=CC(F)C(Oc3cccc4cnccc34)C=C2)cc(-c2ccncc2)n1. The van der Waals surface area contributed by atoms with Crippen LogP contribution in [-0.2, 0) is 0 Å². The van der Waals surface area contributed by atoms with Gasteiger partial charge in [-0.2, -0.15) is 4.98 Å². The van der Waals surface area contributed by atoms with Crippen LogP contribution in [0.5, 0.6) is 5.75 Å². The molecule has 1 aliphatic carbocycles. The minimum absolute atomic E-state index is 0.116. The maximum Gasteiger partial charge on any atom is 0.222 e. The van der Waals surface area contributed by atoms with Gasteiger partial charge in [-0.3, -0.25) is 9.97 Å². The van der Waals surface area contributed by atoms with Crippen molar-refractivity contribution in [2.75, 3.05) is 11.1 Å². The molecule has 32 heavy (non-hydrogen) atoms. The molecule has 1 aromatic carbocycles. The summed E-state index contributed by atoms with van der Waals surface area (Å²) in [5, 5.41) is 4.92. The van der Waals surface area contributed by atoms with Crippen molar-refractivity contribution in [3.63, 3.8) is 0 Å². The summed E-state index contributed by atoms with van der Waals surface area (Å²) in [6, 6.07) is 12.9. The molecule has 3 N–H and O–H groups in total. The molecule has 7 nitrogen and oxygen atoms in total. The number of nitrogens with one attached hydrogen (secondary N) is 1. The minimum Gasteiger partial charge on any atom is -0.482 e. The van der Waals surface area contributed by atoms with Crippen LogP contribution in [0.15, 0.2) is 91.2 Å². The van der Waals surface area contributed by atoms with Crippen LogP contribution < -0.4 is 15.8 Å². The molecule has 0 radical (unpaired) electrons. The lowest BCUT2D eigenvalue weighted by Crippen LogP contribution is -2.28. The Kier molecular flexibility index (Phi) is 5.17. The van der Waals surface area contributed by atoms with Gasteiger partial charge in [-0.25, -0.2) is 9.37 Å². The van der Waals surface area contributed by atoms with Crippen LogP contribution in [-0.4, -0.2) is 32.2 Å². The van der Waals surface area contributed by atoms with Crippen LogP contribution >= 0.6 is 0 Å². The molecule has 1 aliphatic rings. The Labute approximate surface area is 183 Å². The van der Waals surface area contributed by atoms with Crippen molar-refractivity contribution in [3.8, 4) is 17.0 Å². The number of anilines is 2. The third kappa shape index (κ3) is 4.11. The molecule has 0 fully saturated rings. The van der Waals surface area contributed by atoms with E-state index in [-0.39, 0.29) is 5.95 Å². The molecule has 0 bridgehead atoms. The average molecular weight is 426 g/mol. The van der Waals surface area contributed by atoms with Gasteiger partial charge in [0.1, 0.15) is 11.6 Å². The van der Waals surface area contributed by atoms with Gasteiger partial charge in [0.05, 0.1) is 5.69 Å². The molecular formula is C24H19FN6O. The summed E-state index contributed by atoms with van der Waals surface area (Å²) < 4.78 is 20.9. The van der Waals surface area contributed by atoms with Crippen LogP contribution in [0, 0.1) is 0 Å². The second-order valence-corrected chi connectivity index (χ2v) is 7.22. The molecule has 5 rings (SSSR count). The van der Waals surface area contributed by atoms with E-state index in [1.807, 2.05) is 36.4 Å². The third-order valence-corrected chi connectivity index (χ3v) is 5.01. The zero-order valence-corrected chi connectivity index (χ0v) is 16.9. The number of nitrogens with two attached hydrogens (primary N) is 1. The van der Waals surface area contributed by atoms with Crippen molar-refractivity contribution in [3.05, 3.63) is 91.2 Å². The lowest BCUT2D eigenvalue weighted by molar-refractivity contribution is 0.165. The van der Waals surface area contributed by atoms with E-state index in [1.165, 1.54) is 6.08 Å². The van der Waals surface area contributed by atoms with Crippen LogP contribution in [0.25, 0.3) is 22.0 Å². The molecule has 158 valence electrons. The fraction of sp³-hybridized carbons (Fsp3) is 0.0833. The number of pyridine rings is 2. The topological polar surface area (TPSA) is 98.8 Å². The Hall–Kier alpha value is -4.33. The van der Waals surface area contributed by atoms with Crippen molar-refractivity contribution >= 4 is 22.5 Å². The number of nitrogen functional groups attached to an aromatic ring is 1. The van der Waals surface area contributed by atoms with Gasteiger partial charge in [-0.1, -0.05) is 12.1 Å². The number of hydrogen-bond donors (Lipinski definition) is 2. The van der Waals surface area contributed by atoms with Gasteiger partial charge in [-0.05, 0) is 42.5 Å². The van der Waals surface area contributed by atoms with Crippen molar-refractivity contribution < 1.29 is 9.13 Å². The number of aromatic nitrogens is 4. The van der Waals surface area contributed by atoms with Crippen molar-refractivity contribution in [1.82, 2.24) is 19.9 Å². The van der Waals surface area contributed by atoms with Crippen LogP contribution in [0.1, 0.15) is 0 Å². The van der Waals surface area contributed by atoms with E-state index in [4.69, 9.17) is 10.5 Å². The molecule has 0 saturated heterocycles. The molecule has 4 aromatic rings. The Balaban J connectivity index is 1.33. The van der Waals surface area contributed by atoms with Gasteiger partial charge in [-0.15, -0.1) is 0 Å². The van der Waals surface area contributed by atoms with E-state index in [0.29, 0.717) is 23.0 Å². The normalized spacial score (nSPS) is 17.7. The average Bonchev–Trinajstić information content (AvgIpc) is 2.81. The van der Waals surface area contributed by atoms with Gasteiger partial charge in [0.25, 0.3) is 0 Å². The summed E-state index contributed by atoms with van der Waals surface area (Å²) in [5.74, 6) is 1.19. The smallest absolute Gasteiger partial charge is 0.222 e. The molecule has 2 unspecified atom stereocenters. The number of ether oxygens (including phenoxy) is 1. The Morgan fingerprint density at radius 2 is 1.84 bits per heavy atom. The first kappa shape index (κ1) is 19.6. The predicted molar refractivity (Wildman–Crippen MR) is 122 cm³/mol. The van der Waals surface area contributed by atoms with Gasteiger partial charge < -0.3 is 15.8 Å². The maximum absolute atomic E-state index is 14.9. The van der Waals surface area contributed by atoms with Crippen LogP contribution in [0.4, 0.5) is 16.2 Å². The number of hydrogen-bond acceptors (Lipinski definition) is 7. The van der Waals surface area contributed by atoms with Crippen molar-refractivity contribution in [1.29, 1.82) is 0 Å². The van der Waals surface area contributed by atoms with Gasteiger partial charge in [0.2, 0.25) is 5.95 Å². The first-order valence-corrected chi connectivity index (χ1v) is 10.0. The Morgan fingerprint density at radius 3 is 2.69 bits per heavy atom. The minimum atomic E-state index is -1.35. The number of halogens is 1. The number of fused-ring (bicyclic) bond motifs is 1. The Bertz CT molecular complexity index is 1320. The van der Waals surface area contributed by atoms with Gasteiger partial charge >= 0.3 is 0 Å². The summed E-state index contributed by atoms with van der Waals surface area (Å²) in [6.07, 6.45) is 9.60. The first-order chi connectivity index (χ1) is 15.7. The second kappa shape index (κ2) is 8.43. The largest absolute Gasteiger partial charge is 0.482 e. The lowest BCUT2D eigenvalue weighted by atomic mass is 10.1. The molecule has 2 atom stereocenters. The molecule has 3 aromatic heterocycles. The number of nitrogens with zero attached hydrogens (tertiary/aromatic N) is 4. The number of allylic oxidation sites excluding steroid dienone is 1. The standard InChI is InChI=1S/C24H19FN6O/c25-19-12-17(29-23-13-20(30-24(26)31-23)15-6-9-27-10-7-15)4-5-22(19)32-21-3-1-2-16-14-28-11-8-18(16)21/h1-14,19,22H,(H3,26,29,30,31). The molecule has 0 aliphatic heterocycles. The van der Waals surface area contributed by atoms with E-state index < -0.39 is 12.3 Å². The maximum atomic E-state index is 14.9. The number of alkyl halides is 1. The summed E-state index contributed by atoms with van der Waals surface area (Å²) >= 11 is 0. The second-order valence-electron chi connectivity index (χ2n) is 7.22. The van der Waals surface area contributed by atoms with Crippen LogP contribution in [0.2, 0.25) is 0 Å². The fourth-order valence-electron chi connectivity index (χ4n) is 3.50. The molecular weight excluding hydrogens is 407 g/mol. The fourth-order valence-corrected chi connectivity index (χ4v) is 3.50.